The Labute approximate surface area is 170 Å². The largest absolute Gasteiger partial charge is 0.484 e. The van der Waals surface area contributed by atoms with E-state index in [2.05, 4.69) is 34.6 Å². The quantitative estimate of drug-likeness (QED) is 0.660. The molecule has 0 radical (unpaired) electrons. The maximum absolute atomic E-state index is 14.0. The summed E-state index contributed by atoms with van der Waals surface area (Å²) in [5, 5.41) is 2.52. The normalized spacial score (nSPS) is 12.6. The van der Waals surface area contributed by atoms with E-state index >= 15 is 0 Å². The molecule has 1 N–H and O–H groups in total. The first-order valence-electron chi connectivity index (χ1n) is 8.81. The van der Waals surface area contributed by atoms with Crippen LogP contribution in [0.4, 0.5) is 14.5 Å². The van der Waals surface area contributed by atoms with Gasteiger partial charge in [0, 0.05) is 6.54 Å². The molecule has 0 aliphatic carbocycles. The van der Waals surface area contributed by atoms with Crippen LogP contribution in [-0.4, -0.2) is 23.8 Å². The van der Waals surface area contributed by atoms with Crippen molar-refractivity contribution in [3.63, 3.8) is 0 Å². The Morgan fingerprint density at radius 2 is 1.72 bits per heavy atom. The topological polar surface area (TPSA) is 77.0 Å². The Balaban J connectivity index is 1.91. The molecule has 0 spiro atoms. The van der Waals surface area contributed by atoms with Crippen molar-refractivity contribution < 1.29 is 26.7 Å². The molecule has 29 heavy (non-hydrogen) atoms. The van der Waals surface area contributed by atoms with E-state index in [4.69, 9.17) is 4.74 Å². The maximum Gasteiger partial charge on any atom is 0.258 e. The van der Waals surface area contributed by atoms with Gasteiger partial charge in [0.2, 0.25) is 0 Å². The van der Waals surface area contributed by atoms with Crippen molar-refractivity contribution in [3.05, 3.63) is 59.2 Å². The minimum absolute atomic E-state index is 0.0163. The van der Waals surface area contributed by atoms with Gasteiger partial charge in [0.15, 0.2) is 29.1 Å². The highest BCUT2D eigenvalue weighted by Crippen LogP contribution is 2.25. The van der Waals surface area contributed by atoms with Crippen LogP contribution < -0.4 is 10.1 Å². The molecule has 0 heterocycles. The SMILES string of the molecule is CO[SH](=O)=Nc1c(F)cc(CNC(=O)COc2ccc(C(C)(C)C)cc2)cc1F. The summed E-state index contributed by atoms with van der Waals surface area (Å²) in [5.41, 5.74) is 0.672. The molecule has 9 heteroatoms. The monoisotopic (exact) mass is 426 g/mol. The standard InChI is InChI=1S/C20H24F2N2O4S/c1-20(2,3)14-5-7-15(8-6-14)28-12-18(25)23-11-13-9-16(21)19(17(22)10-13)24-29(26)27-4/h5-10,29H,11-12H2,1-4H3,(H,23,25). The summed E-state index contributed by atoms with van der Waals surface area (Å²) >= 11 is 0. The van der Waals surface area contributed by atoms with Crippen molar-refractivity contribution in [2.75, 3.05) is 13.7 Å². The molecule has 0 saturated carbocycles. The van der Waals surface area contributed by atoms with E-state index in [1.54, 1.807) is 12.1 Å². The number of thiol groups is 1. The Morgan fingerprint density at radius 1 is 1.14 bits per heavy atom. The number of carbonyl (C=O) groups excluding carboxylic acids is 1. The lowest BCUT2D eigenvalue weighted by Gasteiger charge is -2.19. The van der Waals surface area contributed by atoms with Crippen molar-refractivity contribution in [2.24, 2.45) is 4.36 Å². The number of ether oxygens (including phenoxy) is 1. The van der Waals surface area contributed by atoms with Gasteiger partial charge in [0.1, 0.15) is 11.4 Å². The third kappa shape index (κ3) is 6.79. The molecule has 0 aromatic heterocycles. The minimum Gasteiger partial charge on any atom is -0.484 e. The molecule has 1 unspecified atom stereocenters. The van der Waals surface area contributed by atoms with E-state index in [1.165, 1.54) is 0 Å². The van der Waals surface area contributed by atoms with E-state index in [0.717, 1.165) is 24.8 Å². The molecular formula is C20H24F2N2O4S. The van der Waals surface area contributed by atoms with Gasteiger partial charge in [-0.25, -0.2) is 13.0 Å². The van der Waals surface area contributed by atoms with Gasteiger partial charge in [-0.15, -0.1) is 0 Å². The molecule has 0 aliphatic heterocycles. The highest BCUT2D eigenvalue weighted by molar-refractivity contribution is 7.69. The average molecular weight is 426 g/mol. The first-order valence-corrected chi connectivity index (χ1v) is 9.94. The Kier molecular flexibility index (Phi) is 7.69. The van der Waals surface area contributed by atoms with Crippen LogP contribution in [0.2, 0.25) is 0 Å². The van der Waals surface area contributed by atoms with Crippen LogP contribution in [0.1, 0.15) is 31.9 Å². The molecule has 2 aromatic rings. The van der Waals surface area contributed by atoms with Crippen molar-refractivity contribution in [2.45, 2.75) is 32.7 Å². The predicted molar refractivity (Wildman–Crippen MR) is 107 cm³/mol. The number of halogens is 2. The first kappa shape index (κ1) is 22.8. The van der Waals surface area contributed by atoms with Gasteiger partial charge in [-0.3, -0.25) is 8.98 Å². The Hall–Kier alpha value is -2.52. The lowest BCUT2D eigenvalue weighted by molar-refractivity contribution is -0.123. The zero-order valence-corrected chi connectivity index (χ0v) is 17.6. The van der Waals surface area contributed by atoms with Crippen molar-refractivity contribution in [1.82, 2.24) is 5.32 Å². The van der Waals surface area contributed by atoms with Crippen LogP contribution >= 0.6 is 0 Å². The molecule has 2 rings (SSSR count). The number of nitrogens with zero attached hydrogens (tertiary/aromatic N) is 1. The van der Waals surface area contributed by atoms with E-state index in [-0.39, 0.29) is 24.1 Å². The second kappa shape index (κ2) is 9.80. The van der Waals surface area contributed by atoms with Gasteiger partial charge in [-0.05, 0) is 40.8 Å². The molecule has 0 aliphatic rings. The minimum atomic E-state index is -2.54. The molecule has 158 valence electrons. The van der Waals surface area contributed by atoms with Crippen molar-refractivity contribution in [3.8, 4) is 5.75 Å². The van der Waals surface area contributed by atoms with Crippen LogP contribution in [0.5, 0.6) is 5.75 Å². The van der Waals surface area contributed by atoms with Gasteiger partial charge in [0.05, 0.1) is 7.11 Å². The highest BCUT2D eigenvalue weighted by Gasteiger charge is 2.14. The second-order valence-corrected chi connectivity index (χ2v) is 8.31. The number of carbonyl (C=O) groups is 1. The Morgan fingerprint density at radius 3 is 2.24 bits per heavy atom. The van der Waals surface area contributed by atoms with Crippen LogP contribution in [0.3, 0.4) is 0 Å². The number of hydrogen-bond donors (Lipinski definition) is 2. The number of nitrogens with one attached hydrogen (secondary N) is 1. The summed E-state index contributed by atoms with van der Waals surface area (Å²) in [5.74, 6) is -1.89. The third-order valence-electron chi connectivity index (χ3n) is 3.99. The molecule has 0 saturated heterocycles. The molecule has 6 nitrogen and oxygen atoms in total. The third-order valence-corrected chi connectivity index (χ3v) is 4.67. The number of hydrogen-bond acceptors (Lipinski definition) is 5. The van der Waals surface area contributed by atoms with E-state index in [0.29, 0.717) is 5.75 Å². The second-order valence-electron chi connectivity index (χ2n) is 7.27. The molecular weight excluding hydrogens is 402 g/mol. The molecule has 1 amide bonds. The van der Waals surface area contributed by atoms with Gasteiger partial charge in [-0.2, -0.15) is 4.36 Å². The fraction of sp³-hybridized carbons (Fsp3) is 0.350. The smallest absolute Gasteiger partial charge is 0.258 e. The van der Waals surface area contributed by atoms with E-state index in [1.807, 2.05) is 12.1 Å². The lowest BCUT2D eigenvalue weighted by Crippen LogP contribution is -2.28. The van der Waals surface area contributed by atoms with Crippen LogP contribution in [-0.2, 0) is 31.8 Å². The average Bonchev–Trinajstić information content (AvgIpc) is 2.67. The van der Waals surface area contributed by atoms with Gasteiger partial charge >= 0.3 is 0 Å². The van der Waals surface area contributed by atoms with E-state index in [9.17, 15) is 17.8 Å². The van der Waals surface area contributed by atoms with Crippen LogP contribution in [0.15, 0.2) is 40.8 Å². The molecule has 1 atom stereocenters. The lowest BCUT2D eigenvalue weighted by atomic mass is 9.87. The zero-order chi connectivity index (χ0) is 21.6. The predicted octanol–water partition coefficient (Wildman–Crippen LogP) is 3.82. The fourth-order valence-corrected chi connectivity index (χ4v) is 2.83. The summed E-state index contributed by atoms with van der Waals surface area (Å²) in [6.07, 6.45) is 0. The fourth-order valence-electron chi connectivity index (χ4n) is 2.39. The number of rotatable bonds is 7. The first-order chi connectivity index (χ1) is 13.6. The van der Waals surface area contributed by atoms with Crippen molar-refractivity contribution >= 4 is 22.5 Å². The van der Waals surface area contributed by atoms with Gasteiger partial charge < -0.3 is 10.1 Å². The van der Waals surface area contributed by atoms with Gasteiger partial charge in [0.25, 0.3) is 5.91 Å². The highest BCUT2D eigenvalue weighted by atomic mass is 32.2. The van der Waals surface area contributed by atoms with Gasteiger partial charge in [-0.1, -0.05) is 32.9 Å². The maximum atomic E-state index is 14.0. The number of amides is 1. The van der Waals surface area contributed by atoms with Crippen LogP contribution in [0, 0.1) is 11.6 Å². The summed E-state index contributed by atoms with van der Waals surface area (Å²) in [6.45, 7) is 5.96. The number of benzene rings is 2. The summed E-state index contributed by atoms with van der Waals surface area (Å²) in [4.78, 5) is 11.9. The molecule has 2 aromatic carbocycles. The molecule has 0 fully saturated rings. The summed E-state index contributed by atoms with van der Waals surface area (Å²) in [6, 6.07) is 9.45. The van der Waals surface area contributed by atoms with Crippen LogP contribution in [0.25, 0.3) is 0 Å². The van der Waals surface area contributed by atoms with Crippen molar-refractivity contribution in [1.29, 1.82) is 0 Å². The zero-order valence-electron chi connectivity index (χ0n) is 16.7. The Bertz CT molecular complexity index is 927. The summed E-state index contributed by atoms with van der Waals surface area (Å²) < 4.78 is 52.3. The van der Waals surface area contributed by atoms with E-state index < -0.39 is 34.1 Å². The molecule has 0 bridgehead atoms. The summed E-state index contributed by atoms with van der Waals surface area (Å²) in [7, 11) is -1.43.